The highest BCUT2D eigenvalue weighted by atomic mass is 16.4. The quantitative estimate of drug-likeness (QED) is 0.751. The molecule has 3 heterocycles. The number of para-hydroxylation sites is 2. The van der Waals surface area contributed by atoms with Crippen LogP contribution in [0.15, 0.2) is 38.3 Å². The first-order valence-corrected chi connectivity index (χ1v) is 9.97. The molecular formula is C21H24N4O3. The molecule has 0 radical (unpaired) electrons. The van der Waals surface area contributed by atoms with Crippen molar-refractivity contribution in [3.05, 3.63) is 62.3 Å². The molecule has 1 atom stereocenters. The summed E-state index contributed by atoms with van der Waals surface area (Å²) < 4.78 is 7.06. The Labute approximate surface area is 162 Å². The second-order valence-electron chi connectivity index (χ2n) is 8.13. The number of piperidine rings is 1. The van der Waals surface area contributed by atoms with Gasteiger partial charge < -0.3 is 14.3 Å². The van der Waals surface area contributed by atoms with Crippen LogP contribution < -0.4 is 11.3 Å². The van der Waals surface area contributed by atoms with Crippen molar-refractivity contribution in [3.63, 3.8) is 0 Å². The number of likely N-dealkylation sites (tertiary alicyclic amines) is 1. The second kappa shape index (κ2) is 6.44. The zero-order valence-corrected chi connectivity index (χ0v) is 16.0. The number of aryl methyl sites for hydroxylation is 1. The van der Waals surface area contributed by atoms with Crippen LogP contribution in [-0.4, -0.2) is 39.1 Å². The molecule has 3 aromatic rings. The van der Waals surface area contributed by atoms with Crippen molar-refractivity contribution in [2.75, 3.05) is 19.6 Å². The van der Waals surface area contributed by atoms with E-state index in [1.165, 1.54) is 0 Å². The Kier molecular flexibility index (Phi) is 4.01. The lowest BCUT2D eigenvalue weighted by atomic mass is 9.77. The summed E-state index contributed by atoms with van der Waals surface area (Å²) in [4.78, 5) is 34.5. The van der Waals surface area contributed by atoms with Crippen molar-refractivity contribution in [2.45, 2.75) is 44.6 Å². The number of H-pyrrole nitrogens is 1. The summed E-state index contributed by atoms with van der Waals surface area (Å²) in [5.74, 6) is 0.390. The van der Waals surface area contributed by atoms with E-state index in [4.69, 9.17) is 9.40 Å². The number of nitrogens with zero attached hydrogens (tertiary/aromatic N) is 3. The van der Waals surface area contributed by atoms with Crippen LogP contribution in [0, 0.1) is 6.92 Å². The van der Waals surface area contributed by atoms with Gasteiger partial charge in [0.25, 0.3) is 5.56 Å². The maximum atomic E-state index is 12.3. The van der Waals surface area contributed by atoms with E-state index in [0.29, 0.717) is 18.0 Å². The van der Waals surface area contributed by atoms with E-state index >= 15 is 0 Å². The van der Waals surface area contributed by atoms with Crippen LogP contribution in [0.3, 0.4) is 0 Å². The Hall–Kier alpha value is -2.67. The summed E-state index contributed by atoms with van der Waals surface area (Å²) in [6, 6.07) is 7.54. The smallest absolute Gasteiger partial charge is 0.408 e. The van der Waals surface area contributed by atoms with Gasteiger partial charge in [0.05, 0.1) is 11.2 Å². The van der Waals surface area contributed by atoms with Gasteiger partial charge in [-0.1, -0.05) is 12.1 Å². The molecule has 0 saturated carbocycles. The normalized spacial score (nSPS) is 22.2. The fourth-order valence-corrected chi connectivity index (χ4v) is 5.05. The third kappa shape index (κ3) is 2.73. The molecule has 1 spiro atoms. The monoisotopic (exact) mass is 380 g/mol. The van der Waals surface area contributed by atoms with Gasteiger partial charge in [0.1, 0.15) is 5.82 Å². The van der Waals surface area contributed by atoms with Gasteiger partial charge in [-0.25, -0.2) is 9.78 Å². The molecule has 5 rings (SSSR count). The number of hydrogen-bond acceptors (Lipinski definition) is 5. The van der Waals surface area contributed by atoms with Gasteiger partial charge in [0.2, 0.25) is 0 Å². The average Bonchev–Trinajstić information content (AvgIpc) is 3.18. The fourth-order valence-electron chi connectivity index (χ4n) is 5.05. The van der Waals surface area contributed by atoms with Crippen LogP contribution in [0.1, 0.15) is 36.3 Å². The third-order valence-electron chi connectivity index (χ3n) is 6.36. The van der Waals surface area contributed by atoms with Crippen molar-refractivity contribution in [3.8, 4) is 0 Å². The summed E-state index contributed by atoms with van der Waals surface area (Å²) >= 11 is 0. The predicted molar refractivity (Wildman–Crippen MR) is 106 cm³/mol. The first kappa shape index (κ1) is 17.4. The van der Waals surface area contributed by atoms with Gasteiger partial charge in [-0.05, 0) is 51.3 Å². The molecule has 1 saturated heterocycles. The zero-order chi connectivity index (χ0) is 19.3. The number of rotatable bonds is 3. The number of oxazole rings is 1. The fraction of sp³-hybridized carbons (Fsp3) is 0.476. The van der Waals surface area contributed by atoms with E-state index in [0.717, 1.165) is 62.1 Å². The van der Waals surface area contributed by atoms with E-state index < -0.39 is 0 Å². The van der Waals surface area contributed by atoms with Crippen LogP contribution in [0.2, 0.25) is 0 Å². The van der Waals surface area contributed by atoms with Gasteiger partial charge in [0.15, 0.2) is 5.58 Å². The number of aromatic nitrogens is 3. The summed E-state index contributed by atoms with van der Waals surface area (Å²) in [7, 11) is 0. The Bertz CT molecular complexity index is 1160. The largest absolute Gasteiger partial charge is 0.419 e. The molecule has 1 aliphatic heterocycles. The first-order chi connectivity index (χ1) is 13.6. The predicted octanol–water partition coefficient (Wildman–Crippen LogP) is 1.97. The van der Waals surface area contributed by atoms with Crippen LogP contribution >= 0.6 is 0 Å². The minimum absolute atomic E-state index is 0.0212. The molecule has 1 N–H and O–H groups in total. The summed E-state index contributed by atoms with van der Waals surface area (Å²) in [5.41, 5.74) is 3.33. The average molecular weight is 380 g/mol. The number of benzene rings is 1. The van der Waals surface area contributed by atoms with Crippen molar-refractivity contribution >= 4 is 11.1 Å². The summed E-state index contributed by atoms with van der Waals surface area (Å²) in [6.07, 6.45) is 3.93. The second-order valence-corrected chi connectivity index (χ2v) is 8.13. The van der Waals surface area contributed by atoms with E-state index in [2.05, 4.69) is 9.88 Å². The van der Waals surface area contributed by atoms with Gasteiger partial charge in [-0.15, -0.1) is 0 Å². The third-order valence-corrected chi connectivity index (χ3v) is 6.36. The van der Waals surface area contributed by atoms with E-state index in [9.17, 15) is 9.59 Å². The van der Waals surface area contributed by atoms with E-state index in [1.54, 1.807) is 4.57 Å². The molecule has 0 amide bonds. The molecule has 7 nitrogen and oxygen atoms in total. The number of hydrogen-bond donors (Lipinski definition) is 1. The Balaban J connectivity index is 1.38. The number of nitrogens with one attached hydrogen (secondary N) is 1. The standard InChI is InChI=1S/C21H24N4O3/c1-14-22-18-15(19(26)23-14)7-9-21(18)8-4-10-24(13-21)11-12-25-16-5-2-3-6-17(16)28-20(25)27/h2-3,5-6H,4,7-13H2,1H3,(H,22,23,26). The van der Waals surface area contributed by atoms with E-state index in [1.807, 2.05) is 31.2 Å². The highest BCUT2D eigenvalue weighted by Crippen LogP contribution is 2.42. The molecule has 2 aromatic heterocycles. The highest BCUT2D eigenvalue weighted by Gasteiger charge is 2.44. The topological polar surface area (TPSA) is 84.1 Å². The SMILES string of the molecule is Cc1nc2c(c(=O)[nH]1)CCC21CCCN(CCn2c(=O)oc3ccccc32)C1. The lowest BCUT2D eigenvalue weighted by Crippen LogP contribution is -2.46. The summed E-state index contributed by atoms with van der Waals surface area (Å²) in [5, 5.41) is 0. The van der Waals surface area contributed by atoms with Crippen LogP contribution in [0.5, 0.6) is 0 Å². The van der Waals surface area contributed by atoms with Crippen molar-refractivity contribution in [2.24, 2.45) is 0 Å². The van der Waals surface area contributed by atoms with Crippen LogP contribution in [0.4, 0.5) is 0 Å². The lowest BCUT2D eigenvalue weighted by molar-refractivity contribution is 0.138. The molecule has 1 unspecified atom stereocenters. The molecule has 28 heavy (non-hydrogen) atoms. The van der Waals surface area contributed by atoms with Gasteiger partial charge in [0, 0.05) is 30.6 Å². The highest BCUT2D eigenvalue weighted by molar-refractivity contribution is 5.72. The maximum Gasteiger partial charge on any atom is 0.419 e. The van der Waals surface area contributed by atoms with Crippen molar-refractivity contribution < 1.29 is 4.42 Å². The van der Waals surface area contributed by atoms with E-state index in [-0.39, 0.29) is 16.7 Å². The minimum Gasteiger partial charge on any atom is -0.408 e. The molecule has 1 aliphatic carbocycles. The Morgan fingerprint density at radius 3 is 2.96 bits per heavy atom. The first-order valence-electron chi connectivity index (χ1n) is 9.97. The van der Waals surface area contributed by atoms with Crippen molar-refractivity contribution in [1.29, 1.82) is 0 Å². The van der Waals surface area contributed by atoms with Crippen molar-refractivity contribution in [1.82, 2.24) is 19.4 Å². The Morgan fingerprint density at radius 1 is 1.21 bits per heavy atom. The number of aromatic amines is 1. The molecule has 1 aromatic carbocycles. The molecule has 1 fully saturated rings. The molecule has 7 heteroatoms. The zero-order valence-electron chi connectivity index (χ0n) is 16.0. The molecular weight excluding hydrogens is 356 g/mol. The Morgan fingerprint density at radius 2 is 2.07 bits per heavy atom. The molecule has 2 aliphatic rings. The minimum atomic E-state index is -0.303. The van der Waals surface area contributed by atoms with Crippen LogP contribution in [0.25, 0.3) is 11.1 Å². The van der Waals surface area contributed by atoms with Gasteiger partial charge in [-0.3, -0.25) is 9.36 Å². The number of fused-ring (bicyclic) bond motifs is 3. The molecule has 146 valence electrons. The van der Waals surface area contributed by atoms with Gasteiger partial charge in [-0.2, -0.15) is 0 Å². The maximum absolute atomic E-state index is 12.3. The van der Waals surface area contributed by atoms with Gasteiger partial charge >= 0.3 is 5.76 Å². The van der Waals surface area contributed by atoms with Crippen LogP contribution in [-0.2, 0) is 18.4 Å². The molecule has 0 bridgehead atoms. The summed E-state index contributed by atoms with van der Waals surface area (Å²) in [6.45, 7) is 5.12. The lowest BCUT2D eigenvalue weighted by Gasteiger charge is -2.40.